The summed E-state index contributed by atoms with van der Waals surface area (Å²) in [5, 5.41) is 2.69. The quantitative estimate of drug-likeness (QED) is 0.830. The molecular weight excluding hydrogens is 358 g/mol. The van der Waals surface area contributed by atoms with E-state index in [1.807, 2.05) is 24.3 Å². The Bertz CT molecular complexity index is 758. The highest BCUT2D eigenvalue weighted by molar-refractivity contribution is 9.10. The molecule has 4 nitrogen and oxygen atoms in total. The van der Waals surface area contributed by atoms with E-state index in [9.17, 15) is 9.59 Å². The number of ether oxygens (including phenoxy) is 1. The van der Waals surface area contributed by atoms with E-state index in [1.54, 1.807) is 18.2 Å². The van der Waals surface area contributed by atoms with E-state index in [0.717, 1.165) is 23.7 Å². The van der Waals surface area contributed by atoms with Crippen LogP contribution in [0, 0.1) is 0 Å². The molecule has 0 atom stereocenters. The Kier molecular flexibility index (Phi) is 4.76. The number of halogens is 1. The molecule has 0 saturated carbocycles. The van der Waals surface area contributed by atoms with Gasteiger partial charge in [0.25, 0.3) is 5.91 Å². The summed E-state index contributed by atoms with van der Waals surface area (Å²) >= 11 is 3.33. The van der Waals surface area contributed by atoms with Crippen LogP contribution in [0.4, 0.5) is 5.69 Å². The molecule has 1 N–H and O–H groups in total. The first-order valence-electron chi connectivity index (χ1n) is 7.46. The van der Waals surface area contributed by atoms with Crippen molar-refractivity contribution in [1.82, 2.24) is 0 Å². The minimum Gasteiger partial charge on any atom is -0.452 e. The van der Waals surface area contributed by atoms with Gasteiger partial charge in [0.05, 0.1) is 5.56 Å². The highest BCUT2D eigenvalue weighted by atomic mass is 79.9. The van der Waals surface area contributed by atoms with Crippen molar-refractivity contribution in [3.63, 3.8) is 0 Å². The van der Waals surface area contributed by atoms with E-state index in [1.165, 1.54) is 11.1 Å². The Balaban J connectivity index is 1.55. The van der Waals surface area contributed by atoms with Gasteiger partial charge in [-0.1, -0.05) is 28.1 Å². The predicted octanol–water partition coefficient (Wildman–Crippen LogP) is 3.73. The van der Waals surface area contributed by atoms with Gasteiger partial charge in [0, 0.05) is 10.2 Å². The van der Waals surface area contributed by atoms with Gasteiger partial charge < -0.3 is 10.1 Å². The van der Waals surface area contributed by atoms with Gasteiger partial charge in [0.1, 0.15) is 0 Å². The van der Waals surface area contributed by atoms with E-state index in [0.29, 0.717) is 11.3 Å². The number of carbonyl (C=O) groups excluding carboxylic acids is 2. The number of hydrogen-bond donors (Lipinski definition) is 1. The van der Waals surface area contributed by atoms with Gasteiger partial charge in [-0.2, -0.15) is 0 Å². The lowest BCUT2D eigenvalue weighted by Crippen LogP contribution is -2.21. The molecule has 0 aliphatic heterocycles. The Morgan fingerprint density at radius 3 is 2.74 bits per heavy atom. The van der Waals surface area contributed by atoms with Gasteiger partial charge in [-0.05, 0) is 60.7 Å². The average Bonchev–Trinajstić information content (AvgIpc) is 3.00. The number of benzene rings is 2. The molecule has 0 bridgehead atoms. The zero-order chi connectivity index (χ0) is 16.2. The Morgan fingerprint density at radius 1 is 1.09 bits per heavy atom. The van der Waals surface area contributed by atoms with Crippen molar-refractivity contribution in [2.75, 3.05) is 11.9 Å². The standard InChI is InChI=1S/C18H16BrNO3/c19-15-5-2-6-16(10-15)20-17(21)11-23-18(22)14-8-7-12-3-1-4-13(12)9-14/h2,5-10H,1,3-4,11H2,(H,20,21). The van der Waals surface area contributed by atoms with Crippen molar-refractivity contribution in [1.29, 1.82) is 0 Å². The lowest BCUT2D eigenvalue weighted by atomic mass is 10.1. The number of nitrogens with one attached hydrogen (secondary N) is 1. The van der Waals surface area contributed by atoms with E-state index < -0.39 is 5.97 Å². The van der Waals surface area contributed by atoms with E-state index in [2.05, 4.69) is 21.2 Å². The first-order valence-corrected chi connectivity index (χ1v) is 8.25. The maximum absolute atomic E-state index is 12.0. The summed E-state index contributed by atoms with van der Waals surface area (Å²) in [5.74, 6) is -0.832. The van der Waals surface area contributed by atoms with Gasteiger partial charge >= 0.3 is 5.97 Å². The Labute approximate surface area is 143 Å². The van der Waals surface area contributed by atoms with E-state index in [4.69, 9.17) is 4.74 Å². The van der Waals surface area contributed by atoms with Crippen LogP contribution in [-0.4, -0.2) is 18.5 Å². The van der Waals surface area contributed by atoms with Gasteiger partial charge in [0.2, 0.25) is 0 Å². The molecule has 0 fully saturated rings. The molecule has 0 saturated heterocycles. The molecule has 23 heavy (non-hydrogen) atoms. The van der Waals surface area contributed by atoms with E-state index >= 15 is 0 Å². The summed E-state index contributed by atoms with van der Waals surface area (Å²) in [6, 6.07) is 12.8. The molecule has 0 heterocycles. The fourth-order valence-corrected chi connectivity index (χ4v) is 3.08. The molecule has 1 aliphatic rings. The van der Waals surface area contributed by atoms with Gasteiger partial charge in [-0.15, -0.1) is 0 Å². The molecule has 0 radical (unpaired) electrons. The van der Waals surface area contributed by atoms with Gasteiger partial charge in [0.15, 0.2) is 6.61 Å². The number of esters is 1. The number of hydrogen-bond acceptors (Lipinski definition) is 3. The highest BCUT2D eigenvalue weighted by Crippen LogP contribution is 2.23. The lowest BCUT2D eigenvalue weighted by Gasteiger charge is -2.08. The van der Waals surface area contributed by atoms with Crippen molar-refractivity contribution in [3.8, 4) is 0 Å². The fraction of sp³-hybridized carbons (Fsp3) is 0.222. The van der Waals surface area contributed by atoms with Crippen LogP contribution in [-0.2, 0) is 22.4 Å². The molecule has 1 amide bonds. The minimum absolute atomic E-state index is 0.303. The van der Waals surface area contributed by atoms with E-state index in [-0.39, 0.29) is 12.5 Å². The monoisotopic (exact) mass is 373 g/mol. The zero-order valence-electron chi connectivity index (χ0n) is 12.5. The van der Waals surface area contributed by atoms with Crippen molar-refractivity contribution >= 4 is 33.5 Å². The topological polar surface area (TPSA) is 55.4 Å². The van der Waals surface area contributed by atoms with Crippen LogP contribution < -0.4 is 5.32 Å². The second-order valence-corrected chi connectivity index (χ2v) is 6.39. The summed E-state index contributed by atoms with van der Waals surface area (Å²) < 4.78 is 5.96. The summed E-state index contributed by atoms with van der Waals surface area (Å²) in [6.07, 6.45) is 3.20. The summed E-state index contributed by atoms with van der Waals surface area (Å²) in [4.78, 5) is 23.9. The first-order chi connectivity index (χ1) is 11.1. The largest absolute Gasteiger partial charge is 0.452 e. The number of aryl methyl sites for hydroxylation is 2. The SMILES string of the molecule is O=C(COC(=O)c1ccc2c(c1)CCC2)Nc1cccc(Br)c1. The number of rotatable bonds is 4. The van der Waals surface area contributed by atoms with Crippen LogP contribution in [0.2, 0.25) is 0 Å². The van der Waals surface area contributed by atoms with Crippen LogP contribution in [0.25, 0.3) is 0 Å². The normalized spacial score (nSPS) is 12.6. The van der Waals surface area contributed by atoms with Crippen LogP contribution in [0.1, 0.15) is 27.9 Å². The highest BCUT2D eigenvalue weighted by Gasteiger charge is 2.15. The number of anilines is 1. The Morgan fingerprint density at radius 2 is 1.91 bits per heavy atom. The van der Waals surface area contributed by atoms with Crippen molar-refractivity contribution in [3.05, 3.63) is 63.6 Å². The third-order valence-electron chi connectivity index (χ3n) is 3.78. The van der Waals surface area contributed by atoms with Crippen LogP contribution in [0.15, 0.2) is 46.9 Å². The molecule has 0 spiro atoms. The van der Waals surface area contributed by atoms with Crippen LogP contribution >= 0.6 is 15.9 Å². The summed E-state index contributed by atoms with van der Waals surface area (Å²) in [7, 11) is 0. The molecule has 118 valence electrons. The smallest absolute Gasteiger partial charge is 0.338 e. The maximum Gasteiger partial charge on any atom is 0.338 e. The van der Waals surface area contributed by atoms with Crippen molar-refractivity contribution in [2.24, 2.45) is 0 Å². The van der Waals surface area contributed by atoms with Crippen molar-refractivity contribution < 1.29 is 14.3 Å². The second-order valence-electron chi connectivity index (χ2n) is 5.47. The van der Waals surface area contributed by atoms with Crippen molar-refractivity contribution in [2.45, 2.75) is 19.3 Å². The molecular formula is C18H16BrNO3. The van der Waals surface area contributed by atoms with Gasteiger partial charge in [-0.3, -0.25) is 4.79 Å². The number of fused-ring (bicyclic) bond motifs is 1. The van der Waals surface area contributed by atoms with Gasteiger partial charge in [-0.25, -0.2) is 4.79 Å². The summed E-state index contributed by atoms with van der Waals surface area (Å²) in [6.45, 7) is -0.303. The molecule has 0 aromatic heterocycles. The molecule has 2 aromatic carbocycles. The second kappa shape index (κ2) is 6.96. The zero-order valence-corrected chi connectivity index (χ0v) is 14.1. The third kappa shape index (κ3) is 3.99. The number of carbonyl (C=O) groups is 2. The number of amides is 1. The summed E-state index contributed by atoms with van der Waals surface area (Å²) in [5.41, 5.74) is 3.66. The molecule has 2 aromatic rings. The minimum atomic E-state index is -0.468. The molecule has 1 aliphatic carbocycles. The third-order valence-corrected chi connectivity index (χ3v) is 4.27. The lowest BCUT2D eigenvalue weighted by molar-refractivity contribution is -0.119. The maximum atomic E-state index is 12.0. The molecule has 3 rings (SSSR count). The molecule has 5 heteroatoms. The van der Waals surface area contributed by atoms with Crippen LogP contribution in [0.5, 0.6) is 0 Å². The average molecular weight is 374 g/mol. The fourth-order valence-electron chi connectivity index (χ4n) is 2.68. The Hall–Kier alpha value is -2.14. The molecule has 0 unspecified atom stereocenters. The predicted molar refractivity (Wildman–Crippen MR) is 91.5 cm³/mol. The van der Waals surface area contributed by atoms with Crippen LogP contribution in [0.3, 0.4) is 0 Å². The first kappa shape index (κ1) is 15.7.